The van der Waals surface area contributed by atoms with E-state index in [1.165, 1.54) is 0 Å². The first-order valence-corrected chi connectivity index (χ1v) is 7.30. The minimum Gasteiger partial charge on any atom is -0.497 e. The normalized spacial score (nSPS) is 13.4. The first kappa shape index (κ1) is 17.3. The molecule has 0 aromatic heterocycles. The summed E-state index contributed by atoms with van der Waals surface area (Å²) in [5, 5.41) is 0. The number of rotatable bonds is 8. The summed E-state index contributed by atoms with van der Waals surface area (Å²) < 4.78 is 16.1. The van der Waals surface area contributed by atoms with E-state index in [4.69, 9.17) is 19.9 Å². The van der Waals surface area contributed by atoms with Crippen LogP contribution in [-0.4, -0.2) is 25.8 Å². The van der Waals surface area contributed by atoms with E-state index in [1.54, 1.807) is 20.1 Å². The Balaban J connectivity index is 3.02. The molecule has 5 heteroatoms. The maximum absolute atomic E-state index is 12.0. The second-order valence-corrected chi connectivity index (χ2v) is 4.84. The predicted molar refractivity (Wildman–Crippen MR) is 81.6 cm³/mol. The van der Waals surface area contributed by atoms with E-state index in [0.29, 0.717) is 24.5 Å². The van der Waals surface area contributed by atoms with Gasteiger partial charge in [-0.25, -0.2) is 4.79 Å². The Morgan fingerprint density at radius 2 is 2.05 bits per heavy atom. The van der Waals surface area contributed by atoms with Gasteiger partial charge >= 0.3 is 5.97 Å². The topological polar surface area (TPSA) is 70.8 Å². The number of methoxy groups -OCH3 is 1. The summed E-state index contributed by atoms with van der Waals surface area (Å²) in [5.74, 6) is 0.877. The monoisotopic (exact) mass is 295 g/mol. The minimum atomic E-state index is -0.625. The van der Waals surface area contributed by atoms with Gasteiger partial charge in [-0.1, -0.05) is 19.4 Å². The van der Waals surface area contributed by atoms with Crippen LogP contribution in [0.2, 0.25) is 0 Å². The molecule has 0 aliphatic carbocycles. The van der Waals surface area contributed by atoms with Crippen molar-refractivity contribution in [3.05, 3.63) is 23.8 Å². The Labute approximate surface area is 126 Å². The summed E-state index contributed by atoms with van der Waals surface area (Å²) >= 11 is 0. The van der Waals surface area contributed by atoms with Gasteiger partial charge in [-0.3, -0.25) is 0 Å². The van der Waals surface area contributed by atoms with Gasteiger partial charge in [0.05, 0.1) is 13.7 Å². The lowest BCUT2D eigenvalue weighted by molar-refractivity contribution is -0.151. The van der Waals surface area contributed by atoms with Gasteiger partial charge in [0, 0.05) is 17.7 Å². The van der Waals surface area contributed by atoms with Gasteiger partial charge in [-0.05, 0) is 26.3 Å². The number of hydrogen-bond acceptors (Lipinski definition) is 5. The van der Waals surface area contributed by atoms with Gasteiger partial charge in [0.1, 0.15) is 11.5 Å². The Morgan fingerprint density at radius 1 is 1.33 bits per heavy atom. The van der Waals surface area contributed by atoms with Crippen molar-refractivity contribution in [2.75, 3.05) is 13.7 Å². The molecule has 1 rings (SSSR count). The first-order valence-electron chi connectivity index (χ1n) is 7.30. The van der Waals surface area contributed by atoms with E-state index in [-0.39, 0.29) is 12.0 Å². The van der Waals surface area contributed by atoms with Crippen molar-refractivity contribution in [2.45, 2.75) is 45.8 Å². The number of carbonyl (C=O) groups is 1. The number of ether oxygens (including phenoxy) is 3. The Morgan fingerprint density at radius 3 is 2.57 bits per heavy atom. The van der Waals surface area contributed by atoms with Crippen LogP contribution in [-0.2, 0) is 9.53 Å². The first-order chi connectivity index (χ1) is 10.0. The molecule has 0 aliphatic rings. The number of nitrogens with two attached hydrogens (primary N) is 1. The molecule has 0 heterocycles. The lowest BCUT2D eigenvalue weighted by atomic mass is 10.1. The zero-order valence-electron chi connectivity index (χ0n) is 13.2. The second kappa shape index (κ2) is 8.52. The molecule has 5 nitrogen and oxygen atoms in total. The summed E-state index contributed by atoms with van der Waals surface area (Å²) in [7, 11) is 1.58. The third-order valence-electron chi connectivity index (χ3n) is 3.08. The van der Waals surface area contributed by atoms with Crippen molar-refractivity contribution in [1.29, 1.82) is 0 Å². The molecule has 2 atom stereocenters. The van der Waals surface area contributed by atoms with Crippen LogP contribution in [0, 0.1) is 0 Å². The molecule has 0 spiro atoms. The minimum absolute atomic E-state index is 0.199. The highest BCUT2D eigenvalue weighted by molar-refractivity contribution is 5.75. The fraction of sp³-hybridized carbons (Fsp3) is 0.562. The van der Waals surface area contributed by atoms with Gasteiger partial charge in [0.15, 0.2) is 6.10 Å². The summed E-state index contributed by atoms with van der Waals surface area (Å²) in [6, 6.07) is 5.23. The number of esters is 1. The van der Waals surface area contributed by atoms with Crippen molar-refractivity contribution >= 4 is 5.97 Å². The molecule has 1 aromatic carbocycles. The largest absolute Gasteiger partial charge is 0.497 e. The van der Waals surface area contributed by atoms with Crippen LogP contribution in [0.25, 0.3) is 0 Å². The molecule has 0 saturated carbocycles. The molecule has 118 valence electrons. The molecular weight excluding hydrogens is 270 g/mol. The second-order valence-electron chi connectivity index (χ2n) is 4.84. The fourth-order valence-electron chi connectivity index (χ4n) is 2.00. The highest BCUT2D eigenvalue weighted by Gasteiger charge is 2.23. The van der Waals surface area contributed by atoms with Crippen LogP contribution >= 0.6 is 0 Å². The molecule has 0 bridgehead atoms. The molecule has 0 radical (unpaired) electrons. The van der Waals surface area contributed by atoms with Crippen LogP contribution in [0.15, 0.2) is 18.2 Å². The molecule has 1 aromatic rings. The molecule has 1 unspecified atom stereocenters. The third-order valence-corrected chi connectivity index (χ3v) is 3.08. The van der Waals surface area contributed by atoms with Crippen LogP contribution in [0.4, 0.5) is 0 Å². The average molecular weight is 295 g/mol. The van der Waals surface area contributed by atoms with E-state index < -0.39 is 6.10 Å². The molecule has 0 fully saturated rings. The third kappa shape index (κ3) is 4.93. The van der Waals surface area contributed by atoms with Crippen LogP contribution < -0.4 is 15.2 Å². The van der Waals surface area contributed by atoms with E-state index in [1.807, 2.05) is 26.0 Å². The van der Waals surface area contributed by atoms with Crippen LogP contribution in [0.1, 0.15) is 45.2 Å². The maximum atomic E-state index is 12.0. The van der Waals surface area contributed by atoms with Gasteiger partial charge in [-0.2, -0.15) is 0 Å². The Kier molecular flexibility index (Phi) is 7.02. The highest BCUT2D eigenvalue weighted by atomic mass is 16.6. The summed E-state index contributed by atoms with van der Waals surface area (Å²) in [6.07, 6.45) is 0.787. The van der Waals surface area contributed by atoms with Crippen molar-refractivity contribution in [3.8, 4) is 11.5 Å². The summed E-state index contributed by atoms with van der Waals surface area (Å²) in [6.45, 7) is 5.97. The SMILES string of the molecule is CCCC(Oc1cc(OC)ccc1[C@H](C)N)C(=O)OCC. The number of benzene rings is 1. The smallest absolute Gasteiger partial charge is 0.347 e. The van der Waals surface area contributed by atoms with Crippen molar-refractivity contribution < 1.29 is 19.0 Å². The van der Waals surface area contributed by atoms with E-state index >= 15 is 0 Å². The average Bonchev–Trinajstić information content (AvgIpc) is 2.46. The lowest BCUT2D eigenvalue weighted by Crippen LogP contribution is -2.30. The quantitative estimate of drug-likeness (QED) is 0.747. The van der Waals surface area contributed by atoms with Crippen molar-refractivity contribution in [3.63, 3.8) is 0 Å². The Bertz CT molecular complexity index is 460. The number of carbonyl (C=O) groups excluding carboxylic acids is 1. The fourth-order valence-corrected chi connectivity index (χ4v) is 2.00. The van der Waals surface area contributed by atoms with Gasteiger partial charge in [-0.15, -0.1) is 0 Å². The molecule has 0 aliphatic heterocycles. The predicted octanol–water partition coefficient (Wildman–Crippen LogP) is 2.83. The van der Waals surface area contributed by atoms with Gasteiger partial charge in [0.25, 0.3) is 0 Å². The molecule has 0 saturated heterocycles. The molecule has 0 amide bonds. The summed E-state index contributed by atoms with van der Waals surface area (Å²) in [5.41, 5.74) is 6.79. The van der Waals surface area contributed by atoms with Crippen LogP contribution in [0.3, 0.4) is 0 Å². The molecular formula is C16H25NO4. The maximum Gasteiger partial charge on any atom is 0.347 e. The van der Waals surface area contributed by atoms with Gasteiger partial charge < -0.3 is 19.9 Å². The van der Waals surface area contributed by atoms with E-state index in [0.717, 1.165) is 12.0 Å². The van der Waals surface area contributed by atoms with E-state index in [9.17, 15) is 4.79 Å². The lowest BCUT2D eigenvalue weighted by Gasteiger charge is -2.21. The zero-order chi connectivity index (χ0) is 15.8. The van der Waals surface area contributed by atoms with Crippen molar-refractivity contribution in [2.24, 2.45) is 5.73 Å². The molecule has 2 N–H and O–H groups in total. The summed E-state index contributed by atoms with van der Waals surface area (Å²) in [4.78, 5) is 12.0. The van der Waals surface area contributed by atoms with E-state index in [2.05, 4.69) is 0 Å². The van der Waals surface area contributed by atoms with Crippen LogP contribution in [0.5, 0.6) is 11.5 Å². The standard InChI is InChI=1S/C16H25NO4/c1-5-7-14(16(18)20-6-2)21-15-10-12(19-4)8-9-13(15)11(3)17/h8-11,14H,5-7,17H2,1-4H3/t11-,14?/m0/s1. The highest BCUT2D eigenvalue weighted by Crippen LogP contribution is 2.30. The Hall–Kier alpha value is -1.75. The van der Waals surface area contributed by atoms with Crippen molar-refractivity contribution in [1.82, 2.24) is 0 Å². The van der Waals surface area contributed by atoms with Gasteiger partial charge in [0.2, 0.25) is 0 Å². The zero-order valence-corrected chi connectivity index (χ0v) is 13.2. The molecule has 21 heavy (non-hydrogen) atoms. The number of hydrogen-bond donors (Lipinski definition) is 1.